The first kappa shape index (κ1) is 18.0. The molecule has 0 amide bonds. The van der Waals surface area contributed by atoms with Gasteiger partial charge in [0.1, 0.15) is 5.75 Å². The highest BCUT2D eigenvalue weighted by atomic mass is 16.5. The molecule has 1 aromatic rings. The summed E-state index contributed by atoms with van der Waals surface area (Å²) in [5, 5.41) is 12.6. The standard InChI is InChI=1S/C18H31NO2/c1-13-10-15(17(3,4)5)8-9-16(13)21-14(2)11-18(6,12-20)19-7/h8-10,14,19-20H,11-12H2,1-7H3. The van der Waals surface area contributed by atoms with Crippen molar-refractivity contribution in [1.29, 1.82) is 0 Å². The molecule has 3 nitrogen and oxygen atoms in total. The number of hydrogen-bond acceptors (Lipinski definition) is 3. The van der Waals surface area contributed by atoms with E-state index in [1.165, 1.54) is 5.56 Å². The summed E-state index contributed by atoms with van der Waals surface area (Å²) in [4.78, 5) is 0. The van der Waals surface area contributed by atoms with Crippen LogP contribution >= 0.6 is 0 Å². The topological polar surface area (TPSA) is 41.5 Å². The summed E-state index contributed by atoms with van der Waals surface area (Å²) in [7, 11) is 1.87. The van der Waals surface area contributed by atoms with Crippen molar-refractivity contribution in [2.75, 3.05) is 13.7 Å². The fourth-order valence-electron chi connectivity index (χ4n) is 2.39. The maximum Gasteiger partial charge on any atom is 0.122 e. The minimum Gasteiger partial charge on any atom is -0.490 e. The Morgan fingerprint density at radius 1 is 1.24 bits per heavy atom. The van der Waals surface area contributed by atoms with Gasteiger partial charge in [0.05, 0.1) is 12.7 Å². The van der Waals surface area contributed by atoms with Crippen LogP contribution in [0.3, 0.4) is 0 Å². The number of aliphatic hydroxyl groups is 1. The summed E-state index contributed by atoms with van der Waals surface area (Å²) in [6.07, 6.45) is 0.786. The molecule has 0 aliphatic carbocycles. The highest BCUT2D eigenvalue weighted by Gasteiger charge is 2.25. The van der Waals surface area contributed by atoms with E-state index in [4.69, 9.17) is 4.74 Å². The molecule has 0 spiro atoms. The molecular formula is C18H31NO2. The SMILES string of the molecule is CNC(C)(CO)CC(C)Oc1ccc(C(C)(C)C)cc1C. The Labute approximate surface area is 129 Å². The maximum absolute atomic E-state index is 9.46. The fourth-order valence-corrected chi connectivity index (χ4v) is 2.39. The van der Waals surface area contributed by atoms with Crippen LogP contribution in [0.25, 0.3) is 0 Å². The zero-order valence-electron chi connectivity index (χ0n) is 14.6. The van der Waals surface area contributed by atoms with Crippen molar-refractivity contribution in [3.05, 3.63) is 29.3 Å². The van der Waals surface area contributed by atoms with Crippen LogP contribution in [0.2, 0.25) is 0 Å². The molecule has 21 heavy (non-hydrogen) atoms. The van der Waals surface area contributed by atoms with Crippen molar-refractivity contribution in [3.63, 3.8) is 0 Å². The molecule has 2 unspecified atom stereocenters. The van der Waals surface area contributed by atoms with Gasteiger partial charge in [-0.1, -0.05) is 32.9 Å². The van der Waals surface area contributed by atoms with E-state index in [-0.39, 0.29) is 23.7 Å². The number of nitrogens with one attached hydrogen (secondary N) is 1. The molecule has 3 heteroatoms. The van der Waals surface area contributed by atoms with E-state index in [0.29, 0.717) is 0 Å². The van der Waals surface area contributed by atoms with Crippen LogP contribution < -0.4 is 10.1 Å². The van der Waals surface area contributed by atoms with Crippen molar-refractivity contribution >= 4 is 0 Å². The van der Waals surface area contributed by atoms with Gasteiger partial charge in [-0.25, -0.2) is 0 Å². The van der Waals surface area contributed by atoms with E-state index in [1.54, 1.807) is 0 Å². The molecule has 1 rings (SSSR count). The Hall–Kier alpha value is -1.06. The van der Waals surface area contributed by atoms with Gasteiger partial charge in [-0.2, -0.15) is 0 Å². The van der Waals surface area contributed by atoms with Gasteiger partial charge in [0, 0.05) is 12.0 Å². The molecule has 0 aromatic heterocycles. The maximum atomic E-state index is 9.46. The first-order chi connectivity index (χ1) is 9.61. The second-order valence-corrected chi connectivity index (χ2v) is 7.33. The molecule has 0 saturated carbocycles. The molecule has 0 fully saturated rings. The molecule has 1 aromatic carbocycles. The summed E-state index contributed by atoms with van der Waals surface area (Å²) in [5.74, 6) is 0.923. The van der Waals surface area contributed by atoms with Crippen LogP contribution in [0.5, 0.6) is 5.75 Å². The monoisotopic (exact) mass is 293 g/mol. The van der Waals surface area contributed by atoms with Crippen molar-refractivity contribution in [2.45, 2.75) is 65.0 Å². The second kappa shape index (κ2) is 6.80. The molecule has 0 aliphatic rings. The van der Waals surface area contributed by atoms with Gasteiger partial charge in [-0.15, -0.1) is 0 Å². The fraction of sp³-hybridized carbons (Fsp3) is 0.667. The quantitative estimate of drug-likeness (QED) is 0.844. The second-order valence-electron chi connectivity index (χ2n) is 7.33. The lowest BCUT2D eigenvalue weighted by atomic mass is 9.86. The van der Waals surface area contributed by atoms with E-state index < -0.39 is 0 Å². The van der Waals surface area contributed by atoms with Gasteiger partial charge < -0.3 is 15.2 Å². The third-order valence-corrected chi connectivity index (χ3v) is 4.06. The van der Waals surface area contributed by atoms with Crippen molar-refractivity contribution < 1.29 is 9.84 Å². The third-order valence-electron chi connectivity index (χ3n) is 4.06. The number of aryl methyl sites for hydroxylation is 1. The predicted octanol–water partition coefficient (Wildman–Crippen LogP) is 3.42. The number of likely N-dealkylation sites (N-methyl/N-ethyl adjacent to an activating group) is 1. The van der Waals surface area contributed by atoms with E-state index in [9.17, 15) is 5.11 Å². The lowest BCUT2D eigenvalue weighted by Gasteiger charge is -2.30. The van der Waals surface area contributed by atoms with Crippen LogP contribution in [0.15, 0.2) is 18.2 Å². The Bertz CT molecular complexity index is 459. The molecule has 0 bridgehead atoms. The molecule has 2 N–H and O–H groups in total. The van der Waals surface area contributed by atoms with Gasteiger partial charge in [0.25, 0.3) is 0 Å². The van der Waals surface area contributed by atoms with Gasteiger partial charge in [-0.3, -0.25) is 0 Å². The van der Waals surface area contributed by atoms with Crippen LogP contribution in [0.1, 0.15) is 52.2 Å². The highest BCUT2D eigenvalue weighted by molar-refractivity contribution is 5.38. The molecular weight excluding hydrogens is 262 g/mol. The Kier molecular flexibility index (Phi) is 5.83. The highest BCUT2D eigenvalue weighted by Crippen LogP contribution is 2.28. The minimum atomic E-state index is -0.307. The van der Waals surface area contributed by atoms with Crippen molar-refractivity contribution in [1.82, 2.24) is 5.32 Å². The van der Waals surface area contributed by atoms with Gasteiger partial charge in [-0.05, 0) is 50.4 Å². The third kappa shape index (κ3) is 5.01. The molecule has 120 valence electrons. The number of ether oxygens (including phenoxy) is 1. The molecule has 0 aliphatic heterocycles. The van der Waals surface area contributed by atoms with E-state index in [0.717, 1.165) is 17.7 Å². The van der Waals surface area contributed by atoms with Crippen LogP contribution in [0.4, 0.5) is 0 Å². The summed E-state index contributed by atoms with van der Waals surface area (Å²) in [5.41, 5.74) is 2.31. The van der Waals surface area contributed by atoms with Gasteiger partial charge in [0.2, 0.25) is 0 Å². The molecule has 0 heterocycles. The summed E-state index contributed by atoms with van der Waals surface area (Å²) >= 11 is 0. The lowest BCUT2D eigenvalue weighted by Crippen LogP contribution is -2.46. The molecule has 0 radical (unpaired) electrons. The van der Waals surface area contributed by atoms with Gasteiger partial charge in [0.15, 0.2) is 0 Å². The van der Waals surface area contributed by atoms with Crippen LogP contribution in [-0.4, -0.2) is 30.4 Å². The Morgan fingerprint density at radius 2 is 1.86 bits per heavy atom. The first-order valence-electron chi connectivity index (χ1n) is 7.69. The average molecular weight is 293 g/mol. The first-order valence-corrected chi connectivity index (χ1v) is 7.69. The number of aliphatic hydroxyl groups excluding tert-OH is 1. The number of hydrogen-bond donors (Lipinski definition) is 2. The average Bonchev–Trinajstić information content (AvgIpc) is 2.39. The van der Waals surface area contributed by atoms with Crippen molar-refractivity contribution in [2.24, 2.45) is 0 Å². The smallest absolute Gasteiger partial charge is 0.122 e. The van der Waals surface area contributed by atoms with E-state index in [2.05, 4.69) is 51.2 Å². The summed E-state index contributed by atoms with van der Waals surface area (Å²) in [6, 6.07) is 6.39. The van der Waals surface area contributed by atoms with Crippen LogP contribution in [0, 0.1) is 6.92 Å². The largest absolute Gasteiger partial charge is 0.490 e. The van der Waals surface area contributed by atoms with E-state index >= 15 is 0 Å². The molecule has 0 saturated heterocycles. The number of benzene rings is 1. The zero-order valence-corrected chi connectivity index (χ0v) is 14.6. The Morgan fingerprint density at radius 3 is 2.29 bits per heavy atom. The Balaban J connectivity index is 2.80. The van der Waals surface area contributed by atoms with E-state index in [1.807, 2.05) is 20.9 Å². The minimum absolute atomic E-state index is 0.0359. The normalized spacial score (nSPS) is 16.4. The molecule has 2 atom stereocenters. The summed E-state index contributed by atoms with van der Waals surface area (Å²) < 4.78 is 6.06. The van der Waals surface area contributed by atoms with Gasteiger partial charge >= 0.3 is 0 Å². The lowest BCUT2D eigenvalue weighted by molar-refractivity contribution is 0.115. The summed E-state index contributed by atoms with van der Waals surface area (Å²) in [6.45, 7) is 12.9. The van der Waals surface area contributed by atoms with Crippen molar-refractivity contribution in [3.8, 4) is 5.75 Å². The van der Waals surface area contributed by atoms with Crippen LogP contribution in [-0.2, 0) is 5.41 Å². The predicted molar refractivity (Wildman–Crippen MR) is 89.1 cm³/mol. The zero-order chi connectivity index (χ0) is 16.3. The number of rotatable bonds is 6.